The van der Waals surface area contributed by atoms with Crippen molar-refractivity contribution < 1.29 is 34.4 Å². The van der Waals surface area contributed by atoms with Crippen LogP contribution in [0, 0.1) is 6.92 Å². The first-order valence-corrected chi connectivity index (χ1v) is 10.0. The standard InChI is InChI=1S/C24H22N2O7/c1-11-8-14-9-16(27)24(33-4)21(30)13(3)12(2)20(29)23(24,32)18(14)19(28)17(11)22(31)26-15-6-5-7-25-10-15/h5-8,10,16,27-28,32H,2-3,9H2,1,4H3,(H,26,31). The average Bonchev–Trinajstić information content (AvgIpc) is 2.77. The lowest BCUT2D eigenvalue weighted by atomic mass is 9.56. The monoisotopic (exact) mass is 450 g/mol. The molecule has 9 heteroatoms. The number of methoxy groups -OCH3 is 1. The lowest BCUT2D eigenvalue weighted by Crippen LogP contribution is -2.73. The molecule has 4 N–H and O–H groups in total. The van der Waals surface area contributed by atoms with Crippen molar-refractivity contribution in [1.82, 2.24) is 4.98 Å². The summed E-state index contributed by atoms with van der Waals surface area (Å²) in [5.74, 6) is -3.43. The highest BCUT2D eigenvalue weighted by molar-refractivity contribution is 6.25. The van der Waals surface area contributed by atoms with Crippen LogP contribution in [0.2, 0.25) is 0 Å². The lowest BCUT2D eigenvalue weighted by Gasteiger charge is -2.53. The van der Waals surface area contributed by atoms with Crippen molar-refractivity contribution in [3.05, 3.63) is 77.2 Å². The van der Waals surface area contributed by atoms with Gasteiger partial charge in [0.05, 0.1) is 23.6 Å². The summed E-state index contributed by atoms with van der Waals surface area (Å²) in [5.41, 5.74) is -5.74. The van der Waals surface area contributed by atoms with Crippen LogP contribution in [0.3, 0.4) is 0 Å². The Labute approximate surface area is 189 Å². The number of benzene rings is 1. The van der Waals surface area contributed by atoms with E-state index < -0.39 is 40.5 Å². The molecule has 1 fully saturated rings. The third-order valence-corrected chi connectivity index (χ3v) is 6.41. The molecule has 3 atom stereocenters. The zero-order valence-corrected chi connectivity index (χ0v) is 18.0. The number of phenols is 1. The Bertz CT molecular complexity index is 1250. The van der Waals surface area contributed by atoms with E-state index in [1.54, 1.807) is 19.1 Å². The zero-order chi connectivity index (χ0) is 24.3. The zero-order valence-electron chi connectivity index (χ0n) is 18.0. The number of amides is 1. The van der Waals surface area contributed by atoms with E-state index in [9.17, 15) is 29.7 Å². The lowest BCUT2D eigenvalue weighted by molar-refractivity contribution is -0.221. The van der Waals surface area contributed by atoms with Crippen LogP contribution in [0.15, 0.2) is 54.9 Å². The van der Waals surface area contributed by atoms with Gasteiger partial charge in [0.1, 0.15) is 5.75 Å². The molecule has 0 saturated heterocycles. The molecule has 1 saturated carbocycles. The predicted molar refractivity (Wildman–Crippen MR) is 117 cm³/mol. The van der Waals surface area contributed by atoms with E-state index in [1.165, 1.54) is 18.5 Å². The Balaban J connectivity index is 1.98. The summed E-state index contributed by atoms with van der Waals surface area (Å²) in [4.78, 5) is 43.5. The fourth-order valence-electron chi connectivity index (χ4n) is 4.82. The number of aromatic nitrogens is 1. The molecular weight excluding hydrogens is 428 g/mol. The molecule has 1 aromatic carbocycles. The summed E-state index contributed by atoms with van der Waals surface area (Å²) >= 11 is 0. The first kappa shape index (κ1) is 22.5. The van der Waals surface area contributed by atoms with Gasteiger partial charge in [-0.3, -0.25) is 19.4 Å². The fraction of sp³-hybridized carbons (Fsp3) is 0.250. The molecule has 0 spiro atoms. The second kappa shape index (κ2) is 7.45. The molecular formula is C24H22N2O7. The maximum atomic E-state index is 13.3. The number of pyridine rings is 1. The van der Waals surface area contributed by atoms with Crippen LogP contribution >= 0.6 is 0 Å². The van der Waals surface area contributed by atoms with Gasteiger partial charge in [0.15, 0.2) is 11.2 Å². The molecule has 170 valence electrons. The molecule has 0 bridgehead atoms. The predicted octanol–water partition coefficient (Wildman–Crippen LogP) is 1.10. The molecule has 4 rings (SSSR count). The molecule has 1 heterocycles. The van der Waals surface area contributed by atoms with Crippen LogP contribution in [0.1, 0.15) is 27.0 Å². The van der Waals surface area contributed by atoms with Crippen molar-refractivity contribution in [2.24, 2.45) is 0 Å². The maximum absolute atomic E-state index is 13.3. The molecule has 0 radical (unpaired) electrons. The van der Waals surface area contributed by atoms with Gasteiger partial charge in [-0.25, -0.2) is 0 Å². The van der Waals surface area contributed by atoms with Crippen LogP contribution < -0.4 is 5.32 Å². The number of aromatic hydroxyl groups is 1. The number of aliphatic hydroxyl groups is 2. The minimum atomic E-state index is -2.84. The number of rotatable bonds is 3. The van der Waals surface area contributed by atoms with E-state index in [1.807, 2.05) is 0 Å². The van der Waals surface area contributed by atoms with Gasteiger partial charge in [-0.05, 0) is 30.2 Å². The number of ether oxygens (including phenoxy) is 1. The van der Waals surface area contributed by atoms with Gasteiger partial charge in [0.25, 0.3) is 5.91 Å². The average molecular weight is 450 g/mol. The molecule has 2 aliphatic rings. The number of anilines is 1. The van der Waals surface area contributed by atoms with Gasteiger partial charge in [0, 0.05) is 36.4 Å². The summed E-state index contributed by atoms with van der Waals surface area (Å²) < 4.78 is 5.35. The normalized spacial score (nSPS) is 26.6. The number of fused-ring (bicyclic) bond motifs is 3. The summed E-state index contributed by atoms with van der Waals surface area (Å²) in [6.07, 6.45) is 1.05. The molecule has 0 aliphatic heterocycles. The first-order chi connectivity index (χ1) is 15.5. The van der Waals surface area contributed by atoms with Gasteiger partial charge in [-0.1, -0.05) is 19.2 Å². The van der Waals surface area contributed by atoms with Crippen molar-refractivity contribution in [3.63, 3.8) is 0 Å². The number of ketones is 2. The van der Waals surface area contributed by atoms with Crippen molar-refractivity contribution >= 4 is 23.2 Å². The molecule has 33 heavy (non-hydrogen) atoms. The third-order valence-electron chi connectivity index (χ3n) is 6.41. The van der Waals surface area contributed by atoms with Crippen LogP contribution in [-0.2, 0) is 26.3 Å². The van der Waals surface area contributed by atoms with Crippen LogP contribution in [0.25, 0.3) is 0 Å². The summed E-state index contributed by atoms with van der Waals surface area (Å²) in [5, 5.41) is 36.5. The van der Waals surface area contributed by atoms with Crippen LogP contribution in [0.4, 0.5) is 5.69 Å². The number of nitrogens with one attached hydrogen (secondary N) is 1. The number of nitrogens with zero attached hydrogens (tertiary/aromatic N) is 1. The number of Topliss-reactive ketones (excluding diaryl/α,β-unsaturated/α-hetero) is 2. The van der Waals surface area contributed by atoms with E-state index in [2.05, 4.69) is 23.5 Å². The van der Waals surface area contributed by atoms with Crippen molar-refractivity contribution in [1.29, 1.82) is 0 Å². The second-order valence-electron chi connectivity index (χ2n) is 8.13. The molecule has 1 amide bonds. The third kappa shape index (κ3) is 2.76. The van der Waals surface area contributed by atoms with E-state index in [4.69, 9.17) is 4.74 Å². The van der Waals surface area contributed by atoms with Crippen LogP contribution in [0.5, 0.6) is 5.75 Å². The van der Waals surface area contributed by atoms with E-state index in [0.29, 0.717) is 11.3 Å². The number of hydrogen-bond acceptors (Lipinski definition) is 8. The number of carbonyl (C=O) groups excluding carboxylic acids is 3. The molecule has 1 aromatic heterocycles. The Morgan fingerprint density at radius 1 is 1.27 bits per heavy atom. The minimum Gasteiger partial charge on any atom is -0.507 e. The van der Waals surface area contributed by atoms with Gasteiger partial charge in [-0.2, -0.15) is 0 Å². The number of aryl methyl sites for hydroxylation is 1. The highest BCUT2D eigenvalue weighted by Crippen LogP contribution is 2.55. The number of carbonyl (C=O) groups is 3. The topological polar surface area (TPSA) is 146 Å². The SMILES string of the molecule is C=C1C(=C)C(=O)C2(OC)C(O)Cc3cc(C)c(C(=O)Nc4cccnc4)c(O)c3C2(O)C1=O. The Hall–Kier alpha value is -3.66. The molecule has 3 unspecified atom stereocenters. The molecule has 2 aliphatic carbocycles. The summed E-state index contributed by atoms with van der Waals surface area (Å²) in [7, 11) is 1.06. The minimum absolute atomic E-state index is 0.187. The quantitative estimate of drug-likeness (QED) is 0.509. The Morgan fingerprint density at radius 3 is 2.55 bits per heavy atom. The van der Waals surface area contributed by atoms with Gasteiger partial charge in [0.2, 0.25) is 11.6 Å². The highest BCUT2D eigenvalue weighted by atomic mass is 16.5. The molecule has 2 aromatic rings. The number of aliphatic hydroxyl groups excluding tert-OH is 1. The van der Waals surface area contributed by atoms with Gasteiger partial charge in [-0.15, -0.1) is 0 Å². The second-order valence-corrected chi connectivity index (χ2v) is 8.13. The van der Waals surface area contributed by atoms with Gasteiger partial charge >= 0.3 is 0 Å². The fourth-order valence-corrected chi connectivity index (χ4v) is 4.82. The van der Waals surface area contributed by atoms with E-state index in [0.717, 1.165) is 7.11 Å². The summed E-state index contributed by atoms with van der Waals surface area (Å²) in [6, 6.07) is 4.67. The van der Waals surface area contributed by atoms with Crippen LogP contribution in [-0.4, -0.2) is 56.6 Å². The van der Waals surface area contributed by atoms with E-state index >= 15 is 0 Å². The summed E-state index contributed by atoms with van der Waals surface area (Å²) in [6.45, 7) is 8.67. The largest absolute Gasteiger partial charge is 0.507 e. The Morgan fingerprint density at radius 2 is 1.94 bits per heavy atom. The van der Waals surface area contributed by atoms with Crippen molar-refractivity contribution in [2.45, 2.75) is 30.7 Å². The van der Waals surface area contributed by atoms with Crippen molar-refractivity contribution in [2.75, 3.05) is 12.4 Å². The Kier molecular flexibility index (Phi) is 5.08. The first-order valence-electron chi connectivity index (χ1n) is 10.0. The number of hydrogen-bond donors (Lipinski definition) is 4. The highest BCUT2D eigenvalue weighted by Gasteiger charge is 2.72. The van der Waals surface area contributed by atoms with E-state index in [-0.39, 0.29) is 34.3 Å². The van der Waals surface area contributed by atoms with Crippen molar-refractivity contribution in [3.8, 4) is 5.75 Å². The number of phenolic OH excluding ortho intramolecular Hbond substituents is 1. The smallest absolute Gasteiger partial charge is 0.259 e. The van der Waals surface area contributed by atoms with Gasteiger partial charge < -0.3 is 25.4 Å². The maximum Gasteiger partial charge on any atom is 0.259 e. The molecule has 9 nitrogen and oxygen atoms in total.